The largest absolute Gasteiger partial charge is 0.550 e. The highest BCUT2D eigenvalue weighted by Gasteiger charge is 2.37. The minimum Gasteiger partial charge on any atom is -0.550 e. The molecule has 238 valence electrons. The number of benzene rings is 2. The first kappa shape index (κ1) is 33.0. The monoisotopic (exact) mass is 655 g/mol. The number of phenols is 1. The van der Waals surface area contributed by atoms with Crippen LogP contribution in [0.1, 0.15) is 40.7 Å². The molecule has 0 unspecified atom stereocenters. The van der Waals surface area contributed by atoms with Crippen LogP contribution in [0.25, 0.3) is 0 Å². The number of nitrogens with zero attached hydrogens (tertiary/aromatic N) is 4. The topological polar surface area (TPSA) is 92.6 Å². The summed E-state index contributed by atoms with van der Waals surface area (Å²) in [5.74, 6) is -2.94. The van der Waals surface area contributed by atoms with E-state index in [1.165, 1.54) is 12.4 Å². The third-order valence-electron chi connectivity index (χ3n) is 6.95. The number of aromatic nitrogens is 2. The van der Waals surface area contributed by atoms with E-state index in [9.17, 15) is 54.5 Å². The third kappa shape index (κ3) is 7.76. The quantitative estimate of drug-likeness (QED) is 0.309. The SMILES string of the molecule is O=C([O-])C1CCN(c2cnc(N(Cc3cc(C(F)(F)F)cc(C(F)(F)F)c3)Cc3cc(C(F)(F)F)cc(Cl)c3O)nc2)CC1. The number of aliphatic carboxylic acids is 1. The Labute approximate surface area is 248 Å². The molecule has 1 N–H and O–H groups in total. The van der Waals surface area contributed by atoms with Gasteiger partial charge in [0.1, 0.15) is 5.75 Å². The van der Waals surface area contributed by atoms with Crippen molar-refractivity contribution in [3.63, 3.8) is 0 Å². The fourth-order valence-electron chi connectivity index (χ4n) is 4.69. The average Bonchev–Trinajstić information content (AvgIpc) is 2.93. The van der Waals surface area contributed by atoms with E-state index in [0.717, 1.165) is 4.90 Å². The molecule has 44 heavy (non-hydrogen) atoms. The number of phenolic OH excluding ortho intramolecular Hbond substituents is 1. The van der Waals surface area contributed by atoms with Gasteiger partial charge < -0.3 is 24.8 Å². The fraction of sp³-hybridized carbons (Fsp3) is 0.370. The highest BCUT2D eigenvalue weighted by molar-refractivity contribution is 6.32. The van der Waals surface area contributed by atoms with Crippen molar-refractivity contribution < 1.29 is 54.5 Å². The molecule has 1 aliphatic heterocycles. The molecule has 0 radical (unpaired) electrons. The van der Waals surface area contributed by atoms with Crippen molar-refractivity contribution in [2.45, 2.75) is 44.5 Å². The van der Waals surface area contributed by atoms with Crippen LogP contribution in [0, 0.1) is 5.92 Å². The summed E-state index contributed by atoms with van der Waals surface area (Å²) in [6, 6.07) is 1.84. The second kappa shape index (κ2) is 12.2. The molecule has 7 nitrogen and oxygen atoms in total. The summed E-state index contributed by atoms with van der Waals surface area (Å²) in [6.07, 6.45) is -12.2. The number of aromatic hydroxyl groups is 1. The molecule has 0 bridgehead atoms. The van der Waals surface area contributed by atoms with E-state index in [4.69, 9.17) is 11.6 Å². The van der Waals surface area contributed by atoms with Crippen LogP contribution in [0.4, 0.5) is 51.1 Å². The molecule has 1 aromatic heterocycles. The number of hydrogen-bond donors (Lipinski definition) is 1. The van der Waals surface area contributed by atoms with E-state index < -0.39 is 82.1 Å². The van der Waals surface area contributed by atoms with Gasteiger partial charge in [0.15, 0.2) is 0 Å². The van der Waals surface area contributed by atoms with Gasteiger partial charge in [-0.05, 0) is 48.7 Å². The van der Waals surface area contributed by atoms with Gasteiger partial charge >= 0.3 is 18.5 Å². The first-order valence-electron chi connectivity index (χ1n) is 12.7. The minimum atomic E-state index is -5.16. The van der Waals surface area contributed by atoms with Gasteiger partial charge in [0, 0.05) is 43.6 Å². The van der Waals surface area contributed by atoms with Crippen molar-refractivity contribution >= 4 is 29.2 Å². The van der Waals surface area contributed by atoms with Crippen LogP contribution in [-0.4, -0.2) is 34.1 Å². The summed E-state index contributed by atoms with van der Waals surface area (Å²) in [5.41, 5.74) is -5.04. The van der Waals surface area contributed by atoms with Crippen LogP contribution in [-0.2, 0) is 36.4 Å². The number of rotatable bonds is 7. The van der Waals surface area contributed by atoms with Crippen LogP contribution in [0.15, 0.2) is 42.7 Å². The summed E-state index contributed by atoms with van der Waals surface area (Å²) >= 11 is 5.80. The number of hydrogen-bond acceptors (Lipinski definition) is 7. The molecule has 1 aliphatic rings. The van der Waals surface area contributed by atoms with Crippen molar-refractivity contribution in [1.82, 2.24) is 9.97 Å². The van der Waals surface area contributed by atoms with Gasteiger partial charge in [0.05, 0.1) is 39.8 Å². The maximum atomic E-state index is 13.5. The molecule has 0 saturated carbocycles. The number of halogens is 10. The highest BCUT2D eigenvalue weighted by Crippen LogP contribution is 2.39. The summed E-state index contributed by atoms with van der Waals surface area (Å²) in [6.45, 7) is -0.863. The fourth-order valence-corrected chi connectivity index (χ4v) is 4.93. The van der Waals surface area contributed by atoms with E-state index in [-0.39, 0.29) is 24.9 Å². The lowest BCUT2D eigenvalue weighted by atomic mass is 9.97. The van der Waals surface area contributed by atoms with E-state index >= 15 is 0 Å². The maximum Gasteiger partial charge on any atom is 0.416 e. The Kier molecular flexibility index (Phi) is 9.14. The lowest BCUT2D eigenvalue weighted by Gasteiger charge is -2.33. The van der Waals surface area contributed by atoms with Gasteiger partial charge in [-0.2, -0.15) is 39.5 Å². The predicted molar refractivity (Wildman–Crippen MR) is 136 cm³/mol. The van der Waals surface area contributed by atoms with Crippen molar-refractivity contribution in [2.24, 2.45) is 5.92 Å². The standard InChI is InChI=1S/C27H22ClF9N4O3/c28-21-9-19(27(35,36)37)7-16(22(21)42)13-41(12-14-5-17(25(29,30)31)8-18(6-14)26(32,33)34)24-38-10-20(11-39-24)40-3-1-15(2-4-40)23(43)44/h5-11,15,42H,1-4,12-13H2,(H,43,44)/p-1. The highest BCUT2D eigenvalue weighted by atomic mass is 35.5. The zero-order chi connectivity index (χ0) is 32.6. The summed E-state index contributed by atoms with van der Waals surface area (Å²) in [4.78, 5) is 22.1. The molecule has 1 fully saturated rings. The Hall–Kier alpha value is -3.95. The van der Waals surface area contributed by atoms with Crippen molar-refractivity contribution in [1.29, 1.82) is 0 Å². The van der Waals surface area contributed by atoms with E-state index in [0.29, 0.717) is 43.0 Å². The van der Waals surface area contributed by atoms with Crippen LogP contribution < -0.4 is 14.9 Å². The predicted octanol–water partition coefficient (Wildman–Crippen LogP) is 6.07. The first-order valence-corrected chi connectivity index (χ1v) is 13.1. The zero-order valence-electron chi connectivity index (χ0n) is 22.2. The van der Waals surface area contributed by atoms with Crippen LogP contribution in [0.3, 0.4) is 0 Å². The molecule has 2 aromatic carbocycles. The van der Waals surface area contributed by atoms with E-state index in [2.05, 4.69) is 9.97 Å². The molecular formula is C27H21ClF9N4O3-. The second-order valence-electron chi connectivity index (χ2n) is 10.1. The Morgan fingerprint density at radius 2 is 1.36 bits per heavy atom. The van der Waals surface area contributed by atoms with Gasteiger partial charge in [-0.1, -0.05) is 11.6 Å². The molecule has 17 heteroatoms. The van der Waals surface area contributed by atoms with Gasteiger partial charge in [0.25, 0.3) is 0 Å². The molecule has 2 heterocycles. The smallest absolute Gasteiger partial charge is 0.416 e. The number of alkyl halides is 9. The molecule has 3 aromatic rings. The zero-order valence-corrected chi connectivity index (χ0v) is 22.9. The molecule has 1 saturated heterocycles. The average molecular weight is 656 g/mol. The lowest BCUT2D eigenvalue weighted by Crippen LogP contribution is -2.41. The van der Waals surface area contributed by atoms with E-state index in [1.807, 2.05) is 0 Å². The van der Waals surface area contributed by atoms with Gasteiger partial charge in [-0.25, -0.2) is 9.97 Å². The lowest BCUT2D eigenvalue weighted by molar-refractivity contribution is -0.312. The van der Waals surface area contributed by atoms with Crippen LogP contribution in [0.2, 0.25) is 5.02 Å². The Morgan fingerprint density at radius 3 is 1.84 bits per heavy atom. The van der Waals surface area contributed by atoms with Gasteiger partial charge in [-0.3, -0.25) is 0 Å². The first-order chi connectivity index (χ1) is 20.3. The Balaban J connectivity index is 1.74. The number of piperidine rings is 1. The molecule has 0 amide bonds. The summed E-state index contributed by atoms with van der Waals surface area (Å²) in [5, 5.41) is 20.8. The Bertz CT molecular complexity index is 1470. The summed E-state index contributed by atoms with van der Waals surface area (Å²) < 4.78 is 121. The number of carbonyl (C=O) groups is 1. The number of carboxylic acids is 1. The van der Waals surface area contributed by atoms with Crippen LogP contribution in [0.5, 0.6) is 5.75 Å². The normalized spacial score (nSPS) is 15.0. The molecule has 4 rings (SSSR count). The number of carbonyl (C=O) groups excluding carboxylic acids is 1. The van der Waals surface area contributed by atoms with Gasteiger partial charge in [0.2, 0.25) is 5.95 Å². The molecular weight excluding hydrogens is 635 g/mol. The summed E-state index contributed by atoms with van der Waals surface area (Å²) in [7, 11) is 0. The number of carboxylic acid groups (broad SMARTS) is 1. The second-order valence-corrected chi connectivity index (χ2v) is 10.5. The third-order valence-corrected chi connectivity index (χ3v) is 7.24. The maximum absolute atomic E-state index is 13.5. The molecule has 0 spiro atoms. The van der Waals surface area contributed by atoms with Crippen LogP contribution >= 0.6 is 11.6 Å². The van der Waals surface area contributed by atoms with Crippen molar-refractivity contribution in [3.05, 3.63) is 75.6 Å². The molecule has 0 aliphatic carbocycles. The van der Waals surface area contributed by atoms with E-state index in [1.54, 1.807) is 4.90 Å². The molecule has 0 atom stereocenters. The van der Waals surface area contributed by atoms with Crippen molar-refractivity contribution in [2.75, 3.05) is 22.9 Å². The minimum absolute atomic E-state index is 0.0683. The van der Waals surface area contributed by atoms with Crippen molar-refractivity contribution in [3.8, 4) is 5.75 Å². The van der Waals surface area contributed by atoms with Gasteiger partial charge in [-0.15, -0.1) is 0 Å². The number of anilines is 2. The Morgan fingerprint density at radius 1 is 0.864 bits per heavy atom.